The van der Waals surface area contributed by atoms with Gasteiger partial charge >= 0.3 is 0 Å². The summed E-state index contributed by atoms with van der Waals surface area (Å²) >= 11 is 0. The van der Waals surface area contributed by atoms with E-state index < -0.39 is 0 Å². The Labute approximate surface area is 118 Å². The van der Waals surface area contributed by atoms with Gasteiger partial charge in [0.1, 0.15) is 0 Å². The molecule has 20 heavy (non-hydrogen) atoms. The van der Waals surface area contributed by atoms with Crippen LogP contribution in [0, 0.1) is 5.92 Å². The molecule has 0 bridgehead atoms. The van der Waals surface area contributed by atoms with E-state index in [1.54, 1.807) is 0 Å². The molecule has 0 radical (unpaired) electrons. The first kappa shape index (κ1) is 13.1. The van der Waals surface area contributed by atoms with Crippen LogP contribution >= 0.6 is 0 Å². The molecule has 1 amide bonds. The maximum Gasteiger partial charge on any atom is 0.223 e. The molecule has 2 unspecified atom stereocenters. The Morgan fingerprint density at radius 2 is 2.00 bits per heavy atom. The highest BCUT2D eigenvalue weighted by Crippen LogP contribution is 2.32. The lowest BCUT2D eigenvalue weighted by atomic mass is 9.99. The molecule has 0 aromatic heterocycles. The lowest BCUT2D eigenvalue weighted by Crippen LogP contribution is -2.28. The molecule has 3 heteroatoms. The van der Waals surface area contributed by atoms with E-state index in [0.717, 1.165) is 0 Å². The van der Waals surface area contributed by atoms with Gasteiger partial charge in [-0.2, -0.15) is 0 Å². The van der Waals surface area contributed by atoms with Gasteiger partial charge in [0.2, 0.25) is 5.91 Å². The summed E-state index contributed by atoms with van der Waals surface area (Å²) in [5.74, 6) is 0.226. The van der Waals surface area contributed by atoms with E-state index in [-0.39, 0.29) is 24.5 Å². The minimum Gasteiger partial charge on any atom is -0.396 e. The van der Waals surface area contributed by atoms with Crippen LogP contribution in [-0.2, 0) is 4.79 Å². The van der Waals surface area contributed by atoms with Gasteiger partial charge in [0.05, 0.1) is 6.04 Å². The normalized spacial score (nSPS) is 20.6. The smallest absolute Gasteiger partial charge is 0.223 e. The molecule has 104 valence electrons. The molecule has 3 rings (SSSR count). The SMILES string of the molecule is CC(c1cccc2ccccc12)N1CC(CO)CC1=O. The number of likely N-dealkylation sites (tertiary alicyclic amines) is 1. The zero-order chi connectivity index (χ0) is 14.1. The van der Waals surface area contributed by atoms with Gasteiger partial charge in [-0.1, -0.05) is 42.5 Å². The van der Waals surface area contributed by atoms with Gasteiger partial charge in [0.25, 0.3) is 0 Å². The van der Waals surface area contributed by atoms with E-state index >= 15 is 0 Å². The quantitative estimate of drug-likeness (QED) is 0.930. The van der Waals surface area contributed by atoms with Crippen LogP contribution in [0.1, 0.15) is 24.9 Å². The molecule has 0 spiro atoms. The Balaban J connectivity index is 1.97. The molecule has 2 aromatic carbocycles. The van der Waals surface area contributed by atoms with Gasteiger partial charge in [0.15, 0.2) is 0 Å². The lowest BCUT2D eigenvalue weighted by molar-refractivity contribution is -0.129. The number of amides is 1. The van der Waals surface area contributed by atoms with Gasteiger partial charge in [-0.05, 0) is 23.3 Å². The van der Waals surface area contributed by atoms with Crippen molar-refractivity contribution in [2.45, 2.75) is 19.4 Å². The topological polar surface area (TPSA) is 40.5 Å². The Kier molecular flexibility index (Phi) is 3.45. The highest BCUT2D eigenvalue weighted by atomic mass is 16.3. The maximum atomic E-state index is 12.1. The van der Waals surface area contributed by atoms with Crippen LogP contribution in [0.5, 0.6) is 0 Å². The molecule has 2 atom stereocenters. The standard InChI is InChI=1S/C17H19NO2/c1-12(18-10-13(11-19)9-17(18)20)15-8-4-6-14-5-2-3-7-16(14)15/h2-8,12-13,19H,9-11H2,1H3. The Bertz CT molecular complexity index is 632. The average Bonchev–Trinajstić information content (AvgIpc) is 2.87. The van der Waals surface area contributed by atoms with Crippen molar-refractivity contribution in [1.29, 1.82) is 0 Å². The molecule has 1 N–H and O–H groups in total. The van der Waals surface area contributed by atoms with Crippen molar-refractivity contribution < 1.29 is 9.90 Å². The summed E-state index contributed by atoms with van der Waals surface area (Å²) in [5.41, 5.74) is 1.18. The third-order valence-corrected chi connectivity index (χ3v) is 4.24. The molecular weight excluding hydrogens is 250 g/mol. The average molecular weight is 269 g/mol. The fourth-order valence-corrected chi connectivity index (χ4v) is 3.09. The van der Waals surface area contributed by atoms with Crippen LogP contribution in [0.15, 0.2) is 42.5 Å². The van der Waals surface area contributed by atoms with Gasteiger partial charge < -0.3 is 10.0 Å². The van der Waals surface area contributed by atoms with E-state index in [0.29, 0.717) is 13.0 Å². The van der Waals surface area contributed by atoms with Crippen LogP contribution in [-0.4, -0.2) is 29.1 Å². The molecule has 3 nitrogen and oxygen atoms in total. The summed E-state index contributed by atoms with van der Waals surface area (Å²) in [6, 6.07) is 14.5. The first-order chi connectivity index (χ1) is 9.70. The summed E-state index contributed by atoms with van der Waals surface area (Å²) in [6.45, 7) is 2.81. The number of carbonyl (C=O) groups is 1. The van der Waals surface area contributed by atoms with Gasteiger partial charge in [-0.3, -0.25) is 4.79 Å². The van der Waals surface area contributed by atoms with Crippen molar-refractivity contribution in [2.24, 2.45) is 5.92 Å². The molecule has 1 aliphatic rings. The van der Waals surface area contributed by atoms with Crippen LogP contribution in [0.25, 0.3) is 10.8 Å². The summed E-state index contributed by atoms with van der Waals surface area (Å²) < 4.78 is 0. The lowest BCUT2D eigenvalue weighted by Gasteiger charge is -2.26. The third-order valence-electron chi connectivity index (χ3n) is 4.24. The van der Waals surface area contributed by atoms with Crippen LogP contribution in [0.4, 0.5) is 0 Å². The number of hydrogen-bond donors (Lipinski definition) is 1. The van der Waals surface area contributed by atoms with Crippen molar-refractivity contribution in [3.8, 4) is 0 Å². The first-order valence-corrected chi connectivity index (χ1v) is 7.08. The second kappa shape index (κ2) is 5.25. The number of benzene rings is 2. The number of hydrogen-bond acceptors (Lipinski definition) is 2. The maximum absolute atomic E-state index is 12.1. The van der Waals surface area contributed by atoms with E-state index in [1.165, 1.54) is 16.3 Å². The third kappa shape index (κ3) is 2.18. The summed E-state index contributed by atoms with van der Waals surface area (Å²) in [4.78, 5) is 14.0. The van der Waals surface area contributed by atoms with E-state index in [9.17, 15) is 9.90 Å². The largest absolute Gasteiger partial charge is 0.396 e. The van der Waals surface area contributed by atoms with Crippen molar-refractivity contribution in [1.82, 2.24) is 4.90 Å². The van der Waals surface area contributed by atoms with Crippen molar-refractivity contribution in [3.63, 3.8) is 0 Å². The predicted molar refractivity (Wildman–Crippen MR) is 79.3 cm³/mol. The molecule has 2 aromatic rings. The Morgan fingerprint density at radius 3 is 2.75 bits per heavy atom. The molecule has 0 aliphatic carbocycles. The summed E-state index contributed by atoms with van der Waals surface area (Å²) in [6.07, 6.45) is 0.464. The minimum atomic E-state index is 0.0464. The van der Waals surface area contributed by atoms with Crippen LogP contribution < -0.4 is 0 Å². The monoisotopic (exact) mass is 269 g/mol. The van der Waals surface area contributed by atoms with E-state index in [4.69, 9.17) is 0 Å². The predicted octanol–water partition coefficient (Wildman–Crippen LogP) is 2.74. The number of nitrogens with zero attached hydrogens (tertiary/aromatic N) is 1. The fraction of sp³-hybridized carbons (Fsp3) is 0.353. The van der Waals surface area contributed by atoms with Crippen LogP contribution in [0.3, 0.4) is 0 Å². The second-order valence-electron chi connectivity index (χ2n) is 5.54. The van der Waals surface area contributed by atoms with Crippen molar-refractivity contribution >= 4 is 16.7 Å². The van der Waals surface area contributed by atoms with E-state index in [2.05, 4.69) is 31.2 Å². The highest BCUT2D eigenvalue weighted by molar-refractivity contribution is 5.87. The van der Waals surface area contributed by atoms with Crippen molar-refractivity contribution in [3.05, 3.63) is 48.0 Å². The molecule has 0 saturated carbocycles. The van der Waals surface area contributed by atoms with Crippen molar-refractivity contribution in [2.75, 3.05) is 13.2 Å². The molecule has 1 saturated heterocycles. The Hall–Kier alpha value is -1.87. The highest BCUT2D eigenvalue weighted by Gasteiger charge is 2.33. The zero-order valence-electron chi connectivity index (χ0n) is 11.6. The summed E-state index contributed by atoms with van der Waals surface area (Å²) in [5, 5.41) is 11.6. The zero-order valence-corrected chi connectivity index (χ0v) is 11.6. The van der Waals surface area contributed by atoms with Crippen LogP contribution in [0.2, 0.25) is 0 Å². The van der Waals surface area contributed by atoms with Gasteiger partial charge in [-0.15, -0.1) is 0 Å². The molecular formula is C17H19NO2. The number of aliphatic hydroxyl groups excluding tert-OH is 1. The number of rotatable bonds is 3. The number of carbonyl (C=O) groups excluding carboxylic acids is 1. The molecule has 1 heterocycles. The Morgan fingerprint density at radius 1 is 1.25 bits per heavy atom. The van der Waals surface area contributed by atoms with E-state index in [1.807, 2.05) is 23.1 Å². The van der Waals surface area contributed by atoms with Gasteiger partial charge in [-0.25, -0.2) is 0 Å². The first-order valence-electron chi connectivity index (χ1n) is 7.08. The second-order valence-corrected chi connectivity index (χ2v) is 5.54. The molecule has 1 fully saturated rings. The summed E-state index contributed by atoms with van der Waals surface area (Å²) in [7, 11) is 0. The number of fused-ring (bicyclic) bond motifs is 1. The minimum absolute atomic E-state index is 0.0464. The number of aliphatic hydroxyl groups is 1. The van der Waals surface area contributed by atoms with Gasteiger partial charge in [0, 0.05) is 25.5 Å². The fourth-order valence-electron chi connectivity index (χ4n) is 3.09. The molecule has 1 aliphatic heterocycles.